The van der Waals surface area contributed by atoms with Gasteiger partial charge >= 0.3 is 5.97 Å². The fourth-order valence-corrected chi connectivity index (χ4v) is 4.72. The Bertz CT molecular complexity index is 990. The molecule has 32 heavy (non-hydrogen) atoms. The van der Waals surface area contributed by atoms with Gasteiger partial charge < -0.3 is 15.0 Å². The molecule has 3 rings (SSSR count). The maximum Gasteiger partial charge on any atom is 0.338 e. The third-order valence-corrected chi connectivity index (χ3v) is 6.15. The van der Waals surface area contributed by atoms with E-state index in [1.807, 2.05) is 43.2 Å². The maximum absolute atomic E-state index is 13.1. The summed E-state index contributed by atoms with van der Waals surface area (Å²) in [7, 11) is 0. The number of aliphatic imine (C=N–C) groups is 1. The molecule has 1 aromatic rings. The van der Waals surface area contributed by atoms with E-state index in [-0.39, 0.29) is 25.0 Å². The minimum absolute atomic E-state index is 0.0533. The molecule has 0 saturated carbocycles. The molecule has 0 unspecified atom stereocenters. The molecule has 0 radical (unpaired) electrons. The predicted octanol–water partition coefficient (Wildman–Crippen LogP) is 5.03. The van der Waals surface area contributed by atoms with E-state index < -0.39 is 12.0 Å². The van der Waals surface area contributed by atoms with Crippen LogP contribution in [0, 0.1) is 0 Å². The Balaban J connectivity index is 2.03. The number of nitrogens with one attached hydrogen (secondary N) is 1. The summed E-state index contributed by atoms with van der Waals surface area (Å²) in [6, 6.07) is 7.90. The summed E-state index contributed by atoms with van der Waals surface area (Å²) in [6.07, 6.45) is 1.75. The van der Waals surface area contributed by atoms with Crippen LogP contribution in [0.3, 0.4) is 0 Å². The zero-order chi connectivity index (χ0) is 23.4. The normalized spacial score (nSPS) is 17.8. The number of nitrogens with zero attached hydrogens (tertiary/aromatic N) is 2. The van der Waals surface area contributed by atoms with Crippen LogP contribution in [0.25, 0.3) is 0 Å². The molecule has 1 amide bonds. The van der Waals surface area contributed by atoms with Crippen LogP contribution in [0.5, 0.6) is 0 Å². The van der Waals surface area contributed by atoms with E-state index in [4.69, 9.17) is 4.74 Å². The number of hydrogen-bond donors (Lipinski definition) is 1. The minimum atomic E-state index is -0.425. The molecule has 0 aromatic heterocycles. The number of ether oxygens (including phenoxy) is 1. The van der Waals surface area contributed by atoms with E-state index in [0.29, 0.717) is 17.2 Å². The molecule has 0 spiro atoms. The van der Waals surface area contributed by atoms with Gasteiger partial charge in [-0.3, -0.25) is 4.79 Å². The van der Waals surface area contributed by atoms with E-state index in [0.717, 1.165) is 16.4 Å². The van der Waals surface area contributed by atoms with Crippen molar-refractivity contribution in [3.05, 3.63) is 70.4 Å². The van der Waals surface area contributed by atoms with E-state index in [1.165, 1.54) is 17.3 Å². The first kappa shape index (κ1) is 23.9. The lowest BCUT2D eigenvalue weighted by molar-refractivity contribution is -0.138. The highest BCUT2D eigenvalue weighted by molar-refractivity contribution is 8.16. The monoisotopic (exact) mass is 453 g/mol. The van der Waals surface area contributed by atoms with Crippen LogP contribution in [0.1, 0.15) is 64.1 Å². The second-order valence-electron chi connectivity index (χ2n) is 8.50. The van der Waals surface area contributed by atoms with Crippen molar-refractivity contribution in [3.8, 4) is 0 Å². The lowest BCUT2D eigenvalue weighted by Crippen LogP contribution is -2.38. The van der Waals surface area contributed by atoms with Gasteiger partial charge in [-0.15, -0.1) is 0 Å². The molecule has 0 aliphatic carbocycles. The fourth-order valence-electron chi connectivity index (χ4n) is 3.76. The lowest BCUT2D eigenvalue weighted by Gasteiger charge is -2.36. The standard InChI is InChI=1S/C25H31N3O3S/c1-7-12-31-24(30)22-17(6)27-25-28(20(14-32-25)13-21(29)26-16(4)5)23(22)19-10-8-18(9-11-19)15(2)3/h7-11,14-16,23H,1,12-13H2,2-6H3,(H,26,29)/t23-/m1/s1. The van der Waals surface area contributed by atoms with Gasteiger partial charge in [0.15, 0.2) is 5.17 Å². The number of fused-ring (bicyclic) bond motifs is 1. The summed E-state index contributed by atoms with van der Waals surface area (Å²) >= 11 is 1.47. The molecule has 2 aliphatic rings. The molecule has 170 valence electrons. The van der Waals surface area contributed by atoms with Crippen LogP contribution in [-0.2, 0) is 14.3 Å². The van der Waals surface area contributed by atoms with E-state index >= 15 is 0 Å². The zero-order valence-electron chi connectivity index (χ0n) is 19.3. The summed E-state index contributed by atoms with van der Waals surface area (Å²) < 4.78 is 5.42. The molecule has 1 atom stereocenters. The Morgan fingerprint density at radius 3 is 2.53 bits per heavy atom. The molecule has 1 aromatic carbocycles. The molecule has 0 bridgehead atoms. The first-order valence-electron chi connectivity index (χ1n) is 10.8. The van der Waals surface area contributed by atoms with Gasteiger partial charge in [0.05, 0.1) is 23.7 Å². The van der Waals surface area contributed by atoms with Crippen molar-refractivity contribution in [2.24, 2.45) is 4.99 Å². The number of rotatable bonds is 8. The highest BCUT2D eigenvalue weighted by Gasteiger charge is 2.41. The molecule has 2 aliphatic heterocycles. The molecule has 0 fully saturated rings. The van der Waals surface area contributed by atoms with Gasteiger partial charge in [0.2, 0.25) is 5.91 Å². The number of amidine groups is 1. The number of carbonyl (C=O) groups is 2. The third-order valence-electron chi connectivity index (χ3n) is 5.26. The summed E-state index contributed by atoms with van der Waals surface area (Å²) in [5.41, 5.74) is 4.08. The van der Waals surface area contributed by atoms with Crippen molar-refractivity contribution >= 4 is 28.8 Å². The fraction of sp³-hybridized carbons (Fsp3) is 0.400. The molecular formula is C25H31N3O3S. The Morgan fingerprint density at radius 2 is 1.94 bits per heavy atom. The Morgan fingerprint density at radius 1 is 1.25 bits per heavy atom. The summed E-state index contributed by atoms with van der Waals surface area (Å²) in [6.45, 7) is 13.7. The van der Waals surface area contributed by atoms with Gasteiger partial charge in [0, 0.05) is 11.7 Å². The number of benzene rings is 1. The van der Waals surface area contributed by atoms with Gasteiger partial charge in [0.25, 0.3) is 0 Å². The first-order chi connectivity index (χ1) is 15.2. The Hall–Kier alpha value is -2.80. The van der Waals surface area contributed by atoms with Crippen molar-refractivity contribution in [2.45, 2.75) is 59.0 Å². The van der Waals surface area contributed by atoms with Crippen LogP contribution in [0.15, 0.2) is 64.3 Å². The molecule has 0 saturated heterocycles. The Kier molecular flexibility index (Phi) is 7.61. The van der Waals surface area contributed by atoms with Crippen LogP contribution in [0.4, 0.5) is 0 Å². The smallest absolute Gasteiger partial charge is 0.338 e. The second-order valence-corrected chi connectivity index (χ2v) is 9.34. The van der Waals surface area contributed by atoms with Gasteiger partial charge in [-0.1, -0.05) is 62.5 Å². The number of esters is 1. The molecule has 6 nitrogen and oxygen atoms in total. The van der Waals surface area contributed by atoms with Crippen molar-refractivity contribution in [2.75, 3.05) is 6.61 Å². The lowest BCUT2D eigenvalue weighted by atomic mass is 9.92. The van der Waals surface area contributed by atoms with Gasteiger partial charge in [-0.25, -0.2) is 9.79 Å². The van der Waals surface area contributed by atoms with Gasteiger partial charge in [-0.2, -0.15) is 0 Å². The molecule has 1 N–H and O–H groups in total. The van der Waals surface area contributed by atoms with Crippen LogP contribution < -0.4 is 5.32 Å². The number of hydrogen-bond acceptors (Lipinski definition) is 6. The summed E-state index contributed by atoms with van der Waals surface area (Å²) in [5, 5.41) is 5.64. The highest BCUT2D eigenvalue weighted by atomic mass is 32.2. The first-order valence-corrected chi connectivity index (χ1v) is 11.7. The largest absolute Gasteiger partial charge is 0.458 e. The predicted molar refractivity (Wildman–Crippen MR) is 130 cm³/mol. The zero-order valence-corrected chi connectivity index (χ0v) is 20.2. The van der Waals surface area contributed by atoms with Crippen LogP contribution in [0.2, 0.25) is 0 Å². The molecule has 7 heteroatoms. The van der Waals surface area contributed by atoms with Crippen LogP contribution in [-0.4, -0.2) is 34.6 Å². The number of amides is 1. The average Bonchev–Trinajstić information content (AvgIpc) is 3.12. The van der Waals surface area contributed by atoms with Gasteiger partial charge in [-0.05, 0) is 43.2 Å². The van der Waals surface area contributed by atoms with E-state index in [9.17, 15) is 9.59 Å². The molecular weight excluding hydrogens is 422 g/mol. The second kappa shape index (κ2) is 10.2. The Labute approximate surface area is 194 Å². The van der Waals surface area contributed by atoms with E-state index in [2.05, 4.69) is 42.9 Å². The van der Waals surface area contributed by atoms with Crippen molar-refractivity contribution in [1.82, 2.24) is 10.2 Å². The number of allylic oxidation sites excluding steroid dienone is 1. The summed E-state index contributed by atoms with van der Waals surface area (Å²) in [4.78, 5) is 32.2. The minimum Gasteiger partial charge on any atom is -0.458 e. The topological polar surface area (TPSA) is 71.0 Å². The third kappa shape index (κ3) is 5.15. The SMILES string of the molecule is C=CCOC(=O)C1=C(C)N=C2SC=C(CC(=O)NC(C)C)N2[C@@H]1c1ccc(C(C)C)cc1. The van der Waals surface area contributed by atoms with E-state index in [1.54, 1.807) is 6.08 Å². The maximum atomic E-state index is 13.1. The number of thioether (sulfide) groups is 1. The van der Waals surface area contributed by atoms with Crippen LogP contribution >= 0.6 is 11.8 Å². The molecule has 2 heterocycles. The average molecular weight is 454 g/mol. The highest BCUT2D eigenvalue weighted by Crippen LogP contribution is 2.45. The number of carbonyl (C=O) groups excluding carboxylic acids is 2. The van der Waals surface area contributed by atoms with Crippen molar-refractivity contribution in [3.63, 3.8) is 0 Å². The van der Waals surface area contributed by atoms with Crippen molar-refractivity contribution < 1.29 is 14.3 Å². The van der Waals surface area contributed by atoms with Crippen molar-refractivity contribution in [1.29, 1.82) is 0 Å². The van der Waals surface area contributed by atoms with Gasteiger partial charge in [0.1, 0.15) is 6.61 Å². The quantitative estimate of drug-likeness (QED) is 0.442. The summed E-state index contributed by atoms with van der Waals surface area (Å²) in [5.74, 6) is -0.0885.